The molecule has 0 aliphatic rings. The number of hydrogen-bond donors (Lipinski definition) is 0. The molecule has 7 heteroatoms. The highest BCUT2D eigenvalue weighted by Gasteiger charge is 2.32. The summed E-state index contributed by atoms with van der Waals surface area (Å²) in [6, 6.07) is 19.0. The van der Waals surface area contributed by atoms with Crippen LogP contribution in [0.4, 0.5) is 0 Å². The molecule has 0 saturated heterocycles. The van der Waals surface area contributed by atoms with Gasteiger partial charge in [-0.25, -0.2) is 0 Å². The monoisotopic (exact) mass is 537 g/mol. The summed E-state index contributed by atoms with van der Waals surface area (Å²) in [6.45, 7) is 4.52. The second-order valence-electron chi connectivity index (χ2n) is 10.2. The molecule has 0 aliphatic carbocycles. The summed E-state index contributed by atoms with van der Waals surface area (Å²) in [7, 11) is 0. The van der Waals surface area contributed by atoms with Crippen LogP contribution in [0.15, 0.2) is 65.8 Å². The predicted octanol–water partition coefficient (Wildman–Crippen LogP) is 8.71. The van der Waals surface area contributed by atoms with E-state index in [2.05, 4.69) is 16.9 Å². The normalized spacial score (nSPS) is 13.3. The van der Waals surface area contributed by atoms with Gasteiger partial charge in [-0.1, -0.05) is 130 Å². The molecule has 0 bridgehead atoms. The van der Waals surface area contributed by atoms with E-state index in [9.17, 15) is 10.3 Å². The van der Waals surface area contributed by atoms with E-state index in [1.165, 1.54) is 51.9 Å². The maximum Gasteiger partial charge on any atom is 0.302 e. The van der Waals surface area contributed by atoms with E-state index in [1.807, 2.05) is 60.7 Å². The molecule has 0 aromatic heterocycles. The molecule has 0 unspecified atom stereocenters. The number of carbonyl (C=O) groups is 1. The number of esters is 1. The molecular weight excluding hydrogens is 490 g/mol. The molecule has 2 aromatic carbocycles. The van der Waals surface area contributed by atoms with Gasteiger partial charge in [0.25, 0.3) is 0 Å². The molecular formula is C32H47N3O4. The second kappa shape index (κ2) is 21.0. The van der Waals surface area contributed by atoms with E-state index in [0.29, 0.717) is 19.6 Å². The third kappa shape index (κ3) is 14.8. The van der Waals surface area contributed by atoms with E-state index in [1.54, 1.807) is 0 Å². The van der Waals surface area contributed by atoms with Crippen LogP contribution < -0.4 is 0 Å². The number of rotatable bonds is 22. The van der Waals surface area contributed by atoms with E-state index in [0.717, 1.165) is 30.4 Å². The highest BCUT2D eigenvalue weighted by Crippen LogP contribution is 2.22. The smallest absolute Gasteiger partial charge is 0.302 e. The van der Waals surface area contributed by atoms with Gasteiger partial charge < -0.3 is 14.2 Å². The number of carbonyl (C=O) groups excluding carboxylic acids is 1. The Morgan fingerprint density at radius 1 is 0.821 bits per heavy atom. The Morgan fingerprint density at radius 3 is 1.90 bits per heavy atom. The zero-order valence-corrected chi connectivity index (χ0v) is 23.9. The quantitative estimate of drug-likeness (QED) is 0.0493. The molecule has 0 radical (unpaired) electrons. The summed E-state index contributed by atoms with van der Waals surface area (Å²) >= 11 is 0. The Balaban J connectivity index is 2.00. The Kier molecular flexibility index (Phi) is 17.4. The van der Waals surface area contributed by atoms with Crippen molar-refractivity contribution in [2.24, 2.45) is 5.11 Å². The standard InChI is InChI=1S/C32H47N3O4/c1-3-4-5-6-7-8-9-10-11-18-23-31(39-27(2)36)32(38-25-29-21-16-13-17-22-29)30(34-35-33)26-37-24-28-19-14-12-15-20-28/h12-17,19-22,30-32H,3-11,18,23-26H2,1-2H3/t30-,31+,32-/m0/s1. The molecule has 7 nitrogen and oxygen atoms in total. The molecule has 214 valence electrons. The summed E-state index contributed by atoms with van der Waals surface area (Å²) in [6.07, 6.45) is 11.7. The van der Waals surface area contributed by atoms with Gasteiger partial charge in [0.1, 0.15) is 12.2 Å². The van der Waals surface area contributed by atoms with E-state index < -0.39 is 18.2 Å². The van der Waals surface area contributed by atoms with Crippen LogP contribution in [0, 0.1) is 0 Å². The van der Waals surface area contributed by atoms with Crippen molar-refractivity contribution in [1.82, 2.24) is 0 Å². The van der Waals surface area contributed by atoms with Gasteiger partial charge in [-0.05, 0) is 29.5 Å². The van der Waals surface area contributed by atoms with Gasteiger partial charge in [0, 0.05) is 11.8 Å². The fraction of sp³-hybridized carbons (Fsp3) is 0.594. The molecule has 0 saturated carbocycles. The van der Waals surface area contributed by atoms with Crippen molar-refractivity contribution in [2.45, 2.75) is 116 Å². The number of hydrogen-bond acceptors (Lipinski definition) is 5. The van der Waals surface area contributed by atoms with E-state index >= 15 is 0 Å². The second-order valence-corrected chi connectivity index (χ2v) is 10.2. The Bertz CT molecular complexity index is 935. The van der Waals surface area contributed by atoms with Crippen LogP contribution in [0.5, 0.6) is 0 Å². The molecule has 0 heterocycles. The number of nitrogens with zero attached hydrogens (tertiary/aromatic N) is 3. The molecule has 39 heavy (non-hydrogen) atoms. The summed E-state index contributed by atoms with van der Waals surface area (Å²) in [5.74, 6) is -0.370. The number of azide groups is 1. The first kappa shape index (κ1) is 32.4. The lowest BCUT2D eigenvalue weighted by molar-refractivity contribution is -0.159. The lowest BCUT2D eigenvalue weighted by Crippen LogP contribution is -2.43. The van der Waals surface area contributed by atoms with Crippen molar-refractivity contribution in [3.05, 3.63) is 82.2 Å². The summed E-state index contributed by atoms with van der Waals surface area (Å²) < 4.78 is 18.0. The minimum absolute atomic E-state index is 0.161. The molecule has 0 spiro atoms. The van der Waals surface area contributed by atoms with Gasteiger partial charge in [0.05, 0.1) is 25.9 Å². The van der Waals surface area contributed by atoms with Gasteiger partial charge in [-0.15, -0.1) is 0 Å². The average molecular weight is 538 g/mol. The minimum atomic E-state index is -0.644. The zero-order valence-electron chi connectivity index (χ0n) is 23.9. The molecule has 0 N–H and O–H groups in total. The van der Waals surface area contributed by atoms with E-state index in [4.69, 9.17) is 14.2 Å². The molecule has 2 rings (SSSR count). The third-order valence-electron chi connectivity index (χ3n) is 6.79. The van der Waals surface area contributed by atoms with Gasteiger partial charge in [-0.2, -0.15) is 0 Å². The van der Waals surface area contributed by atoms with Crippen LogP contribution >= 0.6 is 0 Å². The number of ether oxygens (including phenoxy) is 3. The van der Waals surface area contributed by atoms with Crippen LogP contribution in [0.25, 0.3) is 10.4 Å². The molecule has 3 atom stereocenters. The third-order valence-corrected chi connectivity index (χ3v) is 6.79. The van der Waals surface area contributed by atoms with Crippen LogP contribution in [0.1, 0.15) is 95.6 Å². The number of benzene rings is 2. The van der Waals surface area contributed by atoms with Crippen molar-refractivity contribution in [3.8, 4) is 0 Å². The first-order valence-corrected chi connectivity index (χ1v) is 14.6. The SMILES string of the molecule is CCCCCCCCCCCC[C@@H](OC(C)=O)[C@@H](OCc1ccccc1)[C@H](COCc1ccccc1)N=[N+]=[N-]. The summed E-state index contributed by atoms with van der Waals surface area (Å²) in [5, 5.41) is 4.03. The van der Waals surface area contributed by atoms with Gasteiger partial charge in [0.15, 0.2) is 0 Å². The Labute approximate surface area is 234 Å². The molecule has 0 amide bonds. The van der Waals surface area contributed by atoms with Gasteiger partial charge >= 0.3 is 5.97 Å². The first-order valence-electron chi connectivity index (χ1n) is 14.6. The maximum absolute atomic E-state index is 12.1. The fourth-order valence-corrected chi connectivity index (χ4v) is 4.70. The van der Waals surface area contributed by atoms with Crippen LogP contribution in [-0.4, -0.2) is 30.8 Å². The van der Waals surface area contributed by atoms with Crippen molar-refractivity contribution >= 4 is 5.97 Å². The van der Waals surface area contributed by atoms with Crippen molar-refractivity contribution in [1.29, 1.82) is 0 Å². The summed E-state index contributed by atoms with van der Waals surface area (Å²) in [4.78, 5) is 15.2. The lowest BCUT2D eigenvalue weighted by atomic mass is 9.99. The first-order chi connectivity index (χ1) is 19.1. The van der Waals surface area contributed by atoms with Crippen LogP contribution in [0.2, 0.25) is 0 Å². The van der Waals surface area contributed by atoms with Crippen molar-refractivity contribution in [2.75, 3.05) is 6.61 Å². The van der Waals surface area contributed by atoms with Crippen molar-refractivity contribution in [3.63, 3.8) is 0 Å². The van der Waals surface area contributed by atoms with Gasteiger partial charge in [0.2, 0.25) is 0 Å². The maximum atomic E-state index is 12.1. The molecule has 0 fully saturated rings. The average Bonchev–Trinajstić information content (AvgIpc) is 2.94. The number of unbranched alkanes of at least 4 members (excludes halogenated alkanes) is 9. The van der Waals surface area contributed by atoms with Crippen molar-refractivity contribution < 1.29 is 19.0 Å². The molecule has 2 aromatic rings. The fourth-order valence-electron chi connectivity index (χ4n) is 4.70. The topological polar surface area (TPSA) is 93.5 Å². The minimum Gasteiger partial charge on any atom is -0.460 e. The largest absolute Gasteiger partial charge is 0.460 e. The lowest BCUT2D eigenvalue weighted by Gasteiger charge is -2.31. The van der Waals surface area contributed by atoms with Crippen LogP contribution in [0.3, 0.4) is 0 Å². The predicted molar refractivity (Wildman–Crippen MR) is 156 cm³/mol. The Morgan fingerprint density at radius 2 is 1.36 bits per heavy atom. The highest BCUT2D eigenvalue weighted by atomic mass is 16.6. The van der Waals surface area contributed by atoms with Crippen LogP contribution in [-0.2, 0) is 32.2 Å². The highest BCUT2D eigenvalue weighted by molar-refractivity contribution is 5.66. The molecule has 0 aliphatic heterocycles. The van der Waals surface area contributed by atoms with E-state index in [-0.39, 0.29) is 12.6 Å². The Hall–Kier alpha value is -2.86. The van der Waals surface area contributed by atoms with Gasteiger partial charge in [-0.3, -0.25) is 4.79 Å². The zero-order chi connectivity index (χ0) is 28.0. The summed E-state index contributed by atoms with van der Waals surface area (Å²) in [5.41, 5.74) is 11.4.